The lowest BCUT2D eigenvalue weighted by Gasteiger charge is -2.40. The number of likely N-dealkylation sites (N-methyl/N-ethyl adjacent to an activating group) is 1. The Labute approximate surface area is 203 Å². The van der Waals surface area contributed by atoms with Gasteiger partial charge in [0.2, 0.25) is 0 Å². The summed E-state index contributed by atoms with van der Waals surface area (Å²) in [6, 6.07) is 6.54. The van der Waals surface area contributed by atoms with Gasteiger partial charge in [-0.15, -0.1) is 0 Å². The van der Waals surface area contributed by atoms with Crippen LogP contribution >= 0.6 is 0 Å². The number of fused-ring (bicyclic) bond motifs is 1. The maximum Gasteiger partial charge on any atom is 0.287 e. The Morgan fingerprint density at radius 3 is 2.71 bits per heavy atom. The number of hydrogen-bond acceptors (Lipinski definition) is 8. The Morgan fingerprint density at radius 2 is 1.97 bits per heavy atom. The average molecular weight is 495 g/mol. The molecule has 0 saturated carbocycles. The van der Waals surface area contributed by atoms with Crippen molar-refractivity contribution in [2.45, 2.75) is 11.4 Å². The molecule has 0 spiro atoms. The number of pyridine rings is 2. The predicted octanol–water partition coefficient (Wildman–Crippen LogP) is 1.80. The Morgan fingerprint density at radius 1 is 1.14 bits per heavy atom. The summed E-state index contributed by atoms with van der Waals surface area (Å²) < 4.78 is 33.8. The Kier molecular flexibility index (Phi) is 6.27. The molecule has 5 heterocycles. The van der Waals surface area contributed by atoms with E-state index in [0.29, 0.717) is 17.1 Å². The van der Waals surface area contributed by atoms with Gasteiger partial charge in [-0.25, -0.2) is 12.7 Å². The fraction of sp³-hybridized carbons (Fsp3) is 0.292. The quantitative estimate of drug-likeness (QED) is 0.552. The first-order chi connectivity index (χ1) is 16.9. The van der Waals surface area contributed by atoms with E-state index in [1.54, 1.807) is 30.6 Å². The van der Waals surface area contributed by atoms with E-state index in [1.165, 1.54) is 16.6 Å². The molecule has 11 heteroatoms. The molecule has 5 rings (SSSR count). The van der Waals surface area contributed by atoms with Crippen LogP contribution in [-0.4, -0.2) is 78.2 Å². The Hall–Kier alpha value is -3.70. The van der Waals surface area contributed by atoms with Crippen molar-refractivity contribution in [2.24, 2.45) is 0 Å². The number of carbonyl (C=O) groups is 1. The zero-order valence-corrected chi connectivity index (χ0v) is 20.1. The molecule has 3 aromatic rings. The van der Waals surface area contributed by atoms with Gasteiger partial charge in [-0.1, -0.05) is 12.2 Å². The van der Waals surface area contributed by atoms with E-state index in [-0.39, 0.29) is 29.7 Å². The summed E-state index contributed by atoms with van der Waals surface area (Å²) in [5.41, 5.74) is 1.06. The van der Waals surface area contributed by atoms with Crippen molar-refractivity contribution < 1.29 is 17.6 Å². The highest BCUT2D eigenvalue weighted by Crippen LogP contribution is 2.25. The fourth-order valence-electron chi connectivity index (χ4n) is 4.06. The third-order valence-electron chi connectivity index (χ3n) is 6.10. The molecule has 182 valence electrons. The highest BCUT2D eigenvalue weighted by Gasteiger charge is 2.31. The molecule has 35 heavy (non-hydrogen) atoms. The van der Waals surface area contributed by atoms with Crippen LogP contribution in [0, 0.1) is 0 Å². The van der Waals surface area contributed by atoms with Crippen molar-refractivity contribution in [3.05, 3.63) is 78.4 Å². The molecule has 3 aromatic heterocycles. The largest absolute Gasteiger partial charge is 0.449 e. The van der Waals surface area contributed by atoms with Crippen LogP contribution in [-0.2, 0) is 16.6 Å². The number of piperazine rings is 1. The van der Waals surface area contributed by atoms with Gasteiger partial charge in [-0.2, -0.15) is 0 Å². The van der Waals surface area contributed by atoms with E-state index < -0.39 is 10.0 Å². The number of sulfonamides is 1. The number of nitrogens with one attached hydrogen (secondary N) is 1. The highest BCUT2D eigenvalue weighted by molar-refractivity contribution is 7.89. The van der Waals surface area contributed by atoms with Gasteiger partial charge < -0.3 is 19.5 Å². The van der Waals surface area contributed by atoms with E-state index in [9.17, 15) is 13.2 Å². The molecule has 10 nitrogen and oxygen atoms in total. The van der Waals surface area contributed by atoms with E-state index in [2.05, 4.69) is 32.1 Å². The molecule has 0 bridgehead atoms. The molecule has 1 saturated heterocycles. The summed E-state index contributed by atoms with van der Waals surface area (Å²) in [4.78, 5) is 25.1. The molecule has 0 aliphatic carbocycles. The minimum atomic E-state index is -3.79. The van der Waals surface area contributed by atoms with Crippen LogP contribution in [0.3, 0.4) is 0 Å². The third kappa shape index (κ3) is 4.77. The van der Waals surface area contributed by atoms with Crippen molar-refractivity contribution in [1.82, 2.24) is 29.4 Å². The minimum absolute atomic E-state index is 0.104. The van der Waals surface area contributed by atoms with Gasteiger partial charge in [-0.05, 0) is 37.4 Å². The third-order valence-corrected chi connectivity index (χ3v) is 7.85. The molecule has 0 atom stereocenters. The van der Waals surface area contributed by atoms with Crippen LogP contribution in [0.2, 0.25) is 0 Å². The number of amides is 1. The molecule has 0 unspecified atom stereocenters. The zero-order valence-electron chi connectivity index (χ0n) is 19.3. The SMILES string of the molecule is CN1CCN(C2=CC=CCN2S(=O)(=O)c2ccc(CNC(=O)c3cc4ccncc4o3)nc2)CC1. The lowest BCUT2D eigenvalue weighted by molar-refractivity contribution is 0.0925. The molecule has 2 aliphatic heterocycles. The van der Waals surface area contributed by atoms with Crippen LogP contribution in [0.4, 0.5) is 0 Å². The number of carbonyl (C=O) groups excluding carboxylic acids is 1. The Bertz CT molecular complexity index is 1360. The van der Waals surface area contributed by atoms with Crippen molar-refractivity contribution in [1.29, 1.82) is 0 Å². The number of nitrogens with zero attached hydrogens (tertiary/aromatic N) is 5. The molecule has 1 amide bonds. The number of allylic oxidation sites excluding steroid dienone is 2. The number of rotatable bonds is 6. The van der Waals surface area contributed by atoms with Gasteiger partial charge in [0.15, 0.2) is 11.3 Å². The Balaban J connectivity index is 1.26. The molecule has 1 fully saturated rings. The van der Waals surface area contributed by atoms with Gasteiger partial charge in [0.25, 0.3) is 15.9 Å². The smallest absolute Gasteiger partial charge is 0.287 e. The second-order valence-corrected chi connectivity index (χ2v) is 10.3. The van der Waals surface area contributed by atoms with Crippen molar-refractivity contribution in [2.75, 3.05) is 39.8 Å². The van der Waals surface area contributed by atoms with Crippen molar-refractivity contribution >= 4 is 26.9 Å². The average Bonchev–Trinajstić information content (AvgIpc) is 3.33. The van der Waals surface area contributed by atoms with Gasteiger partial charge in [0.05, 0.1) is 25.0 Å². The van der Waals surface area contributed by atoms with Gasteiger partial charge in [-0.3, -0.25) is 14.8 Å². The van der Waals surface area contributed by atoms with Gasteiger partial charge in [0, 0.05) is 44.0 Å². The van der Waals surface area contributed by atoms with Gasteiger partial charge >= 0.3 is 0 Å². The molecule has 1 N–H and O–H groups in total. The second-order valence-electron chi connectivity index (χ2n) is 8.47. The summed E-state index contributed by atoms with van der Waals surface area (Å²) in [6.07, 6.45) is 10.1. The second kappa shape index (κ2) is 9.51. The van der Waals surface area contributed by atoms with E-state index in [4.69, 9.17) is 4.42 Å². The lowest BCUT2D eigenvalue weighted by atomic mass is 10.3. The van der Waals surface area contributed by atoms with Crippen molar-refractivity contribution in [3.63, 3.8) is 0 Å². The number of aromatic nitrogens is 2. The summed E-state index contributed by atoms with van der Waals surface area (Å²) >= 11 is 0. The zero-order chi connectivity index (χ0) is 24.4. The van der Waals surface area contributed by atoms with E-state index in [1.807, 2.05) is 18.2 Å². The molecule has 0 radical (unpaired) electrons. The topological polar surface area (TPSA) is 112 Å². The van der Waals surface area contributed by atoms with Gasteiger partial charge in [0.1, 0.15) is 10.7 Å². The van der Waals surface area contributed by atoms with Crippen LogP contribution in [0.15, 0.2) is 76.2 Å². The molecule has 0 aromatic carbocycles. The first-order valence-corrected chi connectivity index (χ1v) is 12.8. The molecular weight excluding hydrogens is 468 g/mol. The highest BCUT2D eigenvalue weighted by atomic mass is 32.2. The number of furan rings is 1. The summed E-state index contributed by atoms with van der Waals surface area (Å²) in [5.74, 6) is 0.466. The summed E-state index contributed by atoms with van der Waals surface area (Å²) in [6.45, 7) is 3.68. The van der Waals surface area contributed by atoms with E-state index in [0.717, 1.165) is 31.6 Å². The first-order valence-electron chi connectivity index (χ1n) is 11.3. The first kappa shape index (κ1) is 23.1. The lowest BCUT2D eigenvalue weighted by Crippen LogP contribution is -2.49. The maximum absolute atomic E-state index is 13.4. The number of hydrogen-bond donors (Lipinski definition) is 1. The maximum atomic E-state index is 13.4. The van der Waals surface area contributed by atoms with Crippen LogP contribution in [0.1, 0.15) is 16.2 Å². The van der Waals surface area contributed by atoms with Crippen LogP contribution in [0.25, 0.3) is 11.0 Å². The monoisotopic (exact) mass is 494 g/mol. The normalized spacial score (nSPS) is 17.0. The predicted molar refractivity (Wildman–Crippen MR) is 130 cm³/mol. The standard InChI is InChI=1S/C24H26N6O4S/c1-28-10-12-29(13-11-28)23-4-2-3-9-30(23)35(32,33)20-6-5-19(26-16-20)15-27-24(31)21-14-18-7-8-25-17-22(18)34-21/h2-8,14,16-17H,9-13,15H2,1H3,(H,27,31). The van der Waals surface area contributed by atoms with Crippen LogP contribution < -0.4 is 5.32 Å². The van der Waals surface area contributed by atoms with E-state index >= 15 is 0 Å². The minimum Gasteiger partial charge on any atom is -0.449 e. The summed E-state index contributed by atoms with van der Waals surface area (Å²) in [7, 11) is -1.73. The fourth-order valence-corrected chi connectivity index (χ4v) is 5.44. The summed E-state index contributed by atoms with van der Waals surface area (Å²) in [5, 5.41) is 3.53. The molecular formula is C24H26N6O4S. The van der Waals surface area contributed by atoms with Crippen molar-refractivity contribution in [3.8, 4) is 0 Å². The molecule has 2 aliphatic rings. The van der Waals surface area contributed by atoms with Crippen LogP contribution in [0.5, 0.6) is 0 Å².